The zero-order valence-corrected chi connectivity index (χ0v) is 15.8. The fourth-order valence-electron chi connectivity index (χ4n) is 3.50. The van der Waals surface area contributed by atoms with Crippen LogP contribution in [0.15, 0.2) is 21.2 Å². The quantitative estimate of drug-likeness (QED) is 0.727. The molecule has 0 aromatic carbocycles. The van der Waals surface area contributed by atoms with Gasteiger partial charge in [0.1, 0.15) is 11.9 Å². The molecule has 2 aliphatic rings. The Bertz CT molecular complexity index is 623. The number of hydrogen-bond acceptors (Lipinski definition) is 4. The van der Waals surface area contributed by atoms with Crippen LogP contribution in [0.2, 0.25) is 0 Å². The van der Waals surface area contributed by atoms with E-state index in [0.717, 1.165) is 10.9 Å². The molecule has 1 aromatic heterocycles. The summed E-state index contributed by atoms with van der Waals surface area (Å²) in [5.41, 5.74) is -0.488. The SMILES string of the molecule is CC(C)(C)OC(=O)N1C[C@H]2C[C@@H](C1)CN(C(=O)c1cc(Br)co1)C2. The van der Waals surface area contributed by atoms with Gasteiger partial charge in [-0.05, 0) is 55.0 Å². The molecule has 0 unspecified atom stereocenters. The molecule has 0 saturated carbocycles. The molecule has 0 N–H and O–H groups in total. The lowest BCUT2D eigenvalue weighted by molar-refractivity contribution is -0.00762. The van der Waals surface area contributed by atoms with E-state index >= 15 is 0 Å². The van der Waals surface area contributed by atoms with Crippen LogP contribution < -0.4 is 0 Å². The Hall–Kier alpha value is -1.50. The highest BCUT2D eigenvalue weighted by Gasteiger charge is 2.39. The Morgan fingerprint density at radius 2 is 1.75 bits per heavy atom. The third-order valence-electron chi connectivity index (χ3n) is 4.30. The summed E-state index contributed by atoms with van der Waals surface area (Å²) in [6, 6.07) is 1.69. The summed E-state index contributed by atoms with van der Waals surface area (Å²) in [5.74, 6) is 0.840. The Morgan fingerprint density at radius 3 is 2.25 bits per heavy atom. The minimum Gasteiger partial charge on any atom is -0.458 e. The molecular weight excluding hydrogens is 376 g/mol. The second-order valence-corrected chi connectivity index (χ2v) is 8.61. The highest BCUT2D eigenvalue weighted by atomic mass is 79.9. The molecule has 0 radical (unpaired) electrons. The number of likely N-dealkylation sites (tertiary alicyclic amines) is 2. The van der Waals surface area contributed by atoms with Crippen molar-refractivity contribution in [2.24, 2.45) is 11.8 Å². The van der Waals surface area contributed by atoms with E-state index in [1.54, 1.807) is 11.0 Å². The third kappa shape index (κ3) is 3.94. The molecule has 24 heavy (non-hydrogen) atoms. The van der Waals surface area contributed by atoms with Crippen LogP contribution in [0.4, 0.5) is 4.79 Å². The van der Waals surface area contributed by atoms with E-state index in [4.69, 9.17) is 9.15 Å². The molecule has 1 aromatic rings. The summed E-state index contributed by atoms with van der Waals surface area (Å²) < 4.78 is 11.5. The lowest BCUT2D eigenvalue weighted by Gasteiger charge is -2.45. The lowest BCUT2D eigenvalue weighted by atomic mass is 9.84. The van der Waals surface area contributed by atoms with Crippen molar-refractivity contribution in [3.8, 4) is 0 Å². The predicted octanol–water partition coefficient (Wildman–Crippen LogP) is 3.37. The summed E-state index contributed by atoms with van der Waals surface area (Å²) in [6.07, 6.45) is 2.31. The minimum atomic E-state index is -0.488. The van der Waals surface area contributed by atoms with E-state index in [-0.39, 0.29) is 23.8 Å². The standard InChI is InChI=1S/C17H23BrN2O4/c1-17(2,3)24-16(22)20-8-11-4-12(9-20)7-19(6-11)15(21)14-5-13(18)10-23-14/h5,10-12H,4,6-9H2,1-3H3/t11-,12+. The van der Waals surface area contributed by atoms with Crippen LogP contribution in [0.3, 0.4) is 0 Å². The molecule has 0 aliphatic carbocycles. The molecule has 2 aliphatic heterocycles. The first kappa shape index (κ1) is 17.3. The lowest BCUT2D eigenvalue weighted by Crippen LogP contribution is -2.55. The van der Waals surface area contributed by atoms with Crippen molar-refractivity contribution in [2.75, 3.05) is 26.2 Å². The smallest absolute Gasteiger partial charge is 0.410 e. The fourth-order valence-corrected chi connectivity index (χ4v) is 3.80. The minimum absolute atomic E-state index is 0.0823. The summed E-state index contributed by atoms with van der Waals surface area (Å²) >= 11 is 3.30. The Labute approximate surface area is 150 Å². The number of carbonyl (C=O) groups is 2. The zero-order chi connectivity index (χ0) is 17.5. The van der Waals surface area contributed by atoms with Crippen LogP contribution >= 0.6 is 15.9 Å². The van der Waals surface area contributed by atoms with Crippen LogP contribution in [-0.4, -0.2) is 53.6 Å². The largest absolute Gasteiger partial charge is 0.458 e. The molecule has 3 rings (SSSR count). The first-order chi connectivity index (χ1) is 11.2. The Kier molecular flexibility index (Phi) is 4.64. The number of furan rings is 1. The van der Waals surface area contributed by atoms with Crippen molar-refractivity contribution in [3.05, 3.63) is 22.6 Å². The van der Waals surface area contributed by atoms with Gasteiger partial charge in [-0.3, -0.25) is 4.79 Å². The molecule has 132 valence electrons. The molecule has 2 fully saturated rings. The Morgan fingerprint density at radius 1 is 1.17 bits per heavy atom. The average molecular weight is 399 g/mol. The number of hydrogen-bond donors (Lipinski definition) is 0. The van der Waals surface area contributed by atoms with Gasteiger partial charge in [-0.25, -0.2) is 4.79 Å². The maximum atomic E-state index is 12.6. The van der Waals surface area contributed by atoms with Gasteiger partial charge in [0.25, 0.3) is 5.91 Å². The number of nitrogens with zero attached hydrogens (tertiary/aromatic N) is 2. The number of carbonyl (C=O) groups excluding carboxylic acids is 2. The van der Waals surface area contributed by atoms with Gasteiger partial charge < -0.3 is 19.0 Å². The number of piperidine rings is 2. The molecule has 2 bridgehead atoms. The number of fused-ring (bicyclic) bond motifs is 2. The first-order valence-corrected chi connectivity index (χ1v) is 9.02. The Balaban J connectivity index is 1.63. The highest BCUT2D eigenvalue weighted by Crippen LogP contribution is 2.30. The molecule has 7 heteroatoms. The first-order valence-electron chi connectivity index (χ1n) is 8.22. The number of amides is 2. The maximum Gasteiger partial charge on any atom is 0.410 e. The van der Waals surface area contributed by atoms with Gasteiger partial charge in [0, 0.05) is 32.2 Å². The van der Waals surface area contributed by atoms with E-state index in [0.29, 0.717) is 31.9 Å². The molecule has 0 spiro atoms. The van der Waals surface area contributed by atoms with Crippen LogP contribution in [0.1, 0.15) is 37.7 Å². The van der Waals surface area contributed by atoms with Crippen LogP contribution in [0, 0.1) is 11.8 Å². The monoisotopic (exact) mass is 398 g/mol. The molecule has 2 atom stereocenters. The van der Waals surface area contributed by atoms with E-state index in [9.17, 15) is 9.59 Å². The van der Waals surface area contributed by atoms with Crippen molar-refractivity contribution < 1.29 is 18.7 Å². The molecule has 2 amide bonds. The van der Waals surface area contributed by atoms with Crippen LogP contribution in [0.25, 0.3) is 0 Å². The molecule has 3 heterocycles. The van der Waals surface area contributed by atoms with Gasteiger partial charge in [-0.2, -0.15) is 0 Å². The van der Waals surface area contributed by atoms with Gasteiger partial charge in [0.2, 0.25) is 0 Å². The van der Waals surface area contributed by atoms with E-state index < -0.39 is 5.60 Å². The van der Waals surface area contributed by atoms with Crippen molar-refractivity contribution >= 4 is 27.9 Å². The molecular formula is C17H23BrN2O4. The van der Waals surface area contributed by atoms with Gasteiger partial charge >= 0.3 is 6.09 Å². The maximum absolute atomic E-state index is 12.6. The van der Waals surface area contributed by atoms with Gasteiger partial charge in [-0.15, -0.1) is 0 Å². The van der Waals surface area contributed by atoms with Gasteiger partial charge in [-0.1, -0.05) is 0 Å². The normalized spacial score (nSPS) is 24.0. The number of halogens is 1. The van der Waals surface area contributed by atoms with E-state index in [1.807, 2.05) is 25.7 Å². The average Bonchev–Trinajstić information content (AvgIpc) is 2.90. The van der Waals surface area contributed by atoms with Crippen LogP contribution in [-0.2, 0) is 4.74 Å². The zero-order valence-electron chi connectivity index (χ0n) is 14.3. The second-order valence-electron chi connectivity index (χ2n) is 7.69. The fraction of sp³-hybridized carbons (Fsp3) is 0.647. The number of rotatable bonds is 1. The summed E-state index contributed by atoms with van der Waals surface area (Å²) in [4.78, 5) is 28.5. The highest BCUT2D eigenvalue weighted by molar-refractivity contribution is 9.10. The van der Waals surface area contributed by atoms with E-state index in [2.05, 4.69) is 15.9 Å². The predicted molar refractivity (Wildman–Crippen MR) is 91.7 cm³/mol. The second kappa shape index (κ2) is 6.43. The topological polar surface area (TPSA) is 63.0 Å². The van der Waals surface area contributed by atoms with Crippen molar-refractivity contribution in [1.29, 1.82) is 0 Å². The molecule has 6 nitrogen and oxygen atoms in total. The molecule has 2 saturated heterocycles. The third-order valence-corrected chi connectivity index (χ3v) is 4.71. The summed E-state index contributed by atoms with van der Waals surface area (Å²) in [7, 11) is 0. The van der Waals surface area contributed by atoms with Crippen molar-refractivity contribution in [2.45, 2.75) is 32.8 Å². The van der Waals surface area contributed by atoms with E-state index in [1.165, 1.54) is 6.26 Å². The number of ether oxygens (including phenoxy) is 1. The van der Waals surface area contributed by atoms with Crippen molar-refractivity contribution in [3.63, 3.8) is 0 Å². The van der Waals surface area contributed by atoms with Crippen LogP contribution in [0.5, 0.6) is 0 Å². The summed E-state index contributed by atoms with van der Waals surface area (Å²) in [6.45, 7) is 8.18. The summed E-state index contributed by atoms with van der Waals surface area (Å²) in [5, 5.41) is 0. The van der Waals surface area contributed by atoms with Gasteiger partial charge in [0.05, 0.1) is 4.47 Å². The van der Waals surface area contributed by atoms with Gasteiger partial charge in [0.15, 0.2) is 5.76 Å². The van der Waals surface area contributed by atoms with Crippen molar-refractivity contribution in [1.82, 2.24) is 9.80 Å².